The van der Waals surface area contributed by atoms with Crippen LogP contribution in [0.25, 0.3) is 0 Å². The van der Waals surface area contributed by atoms with Crippen molar-refractivity contribution in [3.8, 4) is 6.07 Å². The van der Waals surface area contributed by atoms with Gasteiger partial charge in [-0.2, -0.15) is 18.4 Å². The van der Waals surface area contributed by atoms with Gasteiger partial charge < -0.3 is 20.9 Å². The molecule has 12 heteroatoms. The molecule has 0 radical (unpaired) electrons. The summed E-state index contributed by atoms with van der Waals surface area (Å²) in [5, 5.41) is 17.4. The largest absolute Gasteiger partial charge is 0.393 e. The molecule has 0 spiro atoms. The Labute approximate surface area is 238 Å². The van der Waals surface area contributed by atoms with Crippen molar-refractivity contribution in [1.82, 2.24) is 20.9 Å². The van der Waals surface area contributed by atoms with Gasteiger partial charge in [0.1, 0.15) is 18.1 Å². The van der Waals surface area contributed by atoms with Crippen LogP contribution in [0.3, 0.4) is 0 Å². The molecule has 224 valence electrons. The van der Waals surface area contributed by atoms with Crippen molar-refractivity contribution < 1.29 is 32.3 Å². The zero-order valence-corrected chi connectivity index (χ0v) is 23.8. The third-order valence-corrected chi connectivity index (χ3v) is 7.69. The number of aryl methyl sites for hydroxylation is 1. The number of alkyl halides is 3. The minimum atomic E-state index is -4.65. The standard InChI is InChI=1S/C29H38F3N5O4/c1-17-5-7-18(8-6-17)13-23(38)36-24(28(2,3)4)27(41)37-16-20(29(30,31)32)14-22(37)26(40)35-21(15-33)10-9-19-11-12-34-25(19)39/h5-8,19-22,24H,9-14,16H2,1-4H3,(H,34,39)(H,35,40)(H,36,38)/t19-,20-,21+,22+,24-/m1/s1. The van der Waals surface area contributed by atoms with Gasteiger partial charge in [-0.15, -0.1) is 0 Å². The first-order valence-electron chi connectivity index (χ1n) is 13.8. The van der Waals surface area contributed by atoms with Crippen molar-refractivity contribution in [3.63, 3.8) is 0 Å². The van der Waals surface area contributed by atoms with Gasteiger partial charge in [0.25, 0.3) is 0 Å². The van der Waals surface area contributed by atoms with Crippen LogP contribution >= 0.6 is 0 Å². The van der Waals surface area contributed by atoms with E-state index in [0.717, 1.165) is 10.5 Å². The summed E-state index contributed by atoms with van der Waals surface area (Å²) in [4.78, 5) is 52.6. The zero-order chi connectivity index (χ0) is 30.5. The Morgan fingerprint density at radius 3 is 2.34 bits per heavy atom. The fraction of sp³-hybridized carbons (Fsp3) is 0.621. The normalized spacial score (nSPS) is 22.4. The Hall–Kier alpha value is -3.62. The molecule has 2 heterocycles. The number of nitrogens with one attached hydrogen (secondary N) is 3. The van der Waals surface area contributed by atoms with Crippen LogP contribution in [0.4, 0.5) is 13.2 Å². The Balaban J connectivity index is 1.76. The van der Waals surface area contributed by atoms with Gasteiger partial charge in [0.15, 0.2) is 0 Å². The van der Waals surface area contributed by atoms with E-state index < -0.39 is 66.3 Å². The van der Waals surface area contributed by atoms with E-state index >= 15 is 0 Å². The third-order valence-electron chi connectivity index (χ3n) is 7.69. The molecule has 0 aliphatic carbocycles. The Bertz CT molecular complexity index is 1170. The van der Waals surface area contributed by atoms with Crippen molar-refractivity contribution in [3.05, 3.63) is 35.4 Å². The second-order valence-electron chi connectivity index (χ2n) is 12.1. The number of hydrogen-bond donors (Lipinski definition) is 3. The molecule has 0 unspecified atom stereocenters. The minimum absolute atomic E-state index is 0.0297. The maximum atomic E-state index is 13.8. The van der Waals surface area contributed by atoms with E-state index in [4.69, 9.17) is 0 Å². The number of nitrogens with zero attached hydrogens (tertiary/aromatic N) is 2. The van der Waals surface area contributed by atoms with Crippen LogP contribution in [0.2, 0.25) is 0 Å². The lowest BCUT2D eigenvalue weighted by atomic mass is 9.85. The van der Waals surface area contributed by atoms with E-state index in [2.05, 4.69) is 16.0 Å². The molecule has 2 aliphatic heterocycles. The number of hydrogen-bond acceptors (Lipinski definition) is 5. The van der Waals surface area contributed by atoms with Gasteiger partial charge >= 0.3 is 6.18 Å². The van der Waals surface area contributed by atoms with E-state index in [0.29, 0.717) is 24.9 Å². The molecule has 0 bridgehead atoms. The highest BCUT2D eigenvalue weighted by atomic mass is 19.4. The van der Waals surface area contributed by atoms with Crippen LogP contribution in [0.5, 0.6) is 0 Å². The molecular formula is C29H38F3N5O4. The number of nitriles is 1. The molecule has 3 N–H and O–H groups in total. The number of likely N-dealkylation sites (tertiary alicyclic amines) is 1. The predicted octanol–water partition coefficient (Wildman–Crippen LogP) is 2.77. The van der Waals surface area contributed by atoms with Gasteiger partial charge in [-0.05, 0) is 43.6 Å². The summed E-state index contributed by atoms with van der Waals surface area (Å²) in [5.74, 6) is -4.50. The van der Waals surface area contributed by atoms with E-state index in [-0.39, 0.29) is 24.7 Å². The average molecular weight is 578 g/mol. The summed E-state index contributed by atoms with van der Waals surface area (Å²) in [6.07, 6.45) is -4.25. The molecule has 2 saturated heterocycles. The maximum absolute atomic E-state index is 13.8. The van der Waals surface area contributed by atoms with Crippen LogP contribution < -0.4 is 16.0 Å². The Kier molecular flexibility index (Phi) is 10.0. The fourth-order valence-electron chi connectivity index (χ4n) is 5.21. The summed E-state index contributed by atoms with van der Waals surface area (Å²) in [6, 6.07) is 5.47. The van der Waals surface area contributed by atoms with Crippen LogP contribution in [0.15, 0.2) is 24.3 Å². The van der Waals surface area contributed by atoms with Gasteiger partial charge in [0, 0.05) is 19.0 Å². The van der Waals surface area contributed by atoms with Gasteiger partial charge in [-0.3, -0.25) is 19.2 Å². The smallest absolute Gasteiger partial charge is 0.356 e. The number of carbonyl (C=O) groups is 4. The van der Waals surface area contributed by atoms with Crippen LogP contribution in [0.1, 0.15) is 57.6 Å². The van der Waals surface area contributed by atoms with Gasteiger partial charge in [0.2, 0.25) is 23.6 Å². The SMILES string of the molecule is Cc1ccc(CC(=O)N[C@H](C(=O)N2C[C@H](C(F)(F)F)C[C@H]2C(=O)N[C@H](C#N)CC[C@@H]2CCNC2=O)C(C)(C)C)cc1. The Morgan fingerprint density at radius 2 is 1.80 bits per heavy atom. The van der Waals surface area contributed by atoms with Crippen molar-refractivity contribution in [2.45, 2.75) is 84.1 Å². The van der Waals surface area contributed by atoms with Crippen LogP contribution in [0, 0.1) is 35.5 Å². The van der Waals surface area contributed by atoms with E-state index in [1.165, 1.54) is 0 Å². The first kappa shape index (κ1) is 31.9. The Morgan fingerprint density at radius 1 is 1.15 bits per heavy atom. The van der Waals surface area contributed by atoms with Crippen molar-refractivity contribution in [1.29, 1.82) is 5.26 Å². The molecule has 0 aromatic heterocycles. The second kappa shape index (κ2) is 12.9. The molecule has 1 aromatic carbocycles. The summed E-state index contributed by atoms with van der Waals surface area (Å²) in [6.45, 7) is 6.74. The molecule has 0 saturated carbocycles. The number of carbonyl (C=O) groups excluding carboxylic acids is 4. The summed E-state index contributed by atoms with van der Waals surface area (Å²) < 4.78 is 41.3. The monoisotopic (exact) mass is 577 g/mol. The van der Waals surface area contributed by atoms with Crippen molar-refractivity contribution in [2.75, 3.05) is 13.1 Å². The van der Waals surface area contributed by atoms with Gasteiger partial charge in [-0.25, -0.2) is 0 Å². The minimum Gasteiger partial charge on any atom is -0.356 e. The molecule has 9 nitrogen and oxygen atoms in total. The van der Waals surface area contributed by atoms with Crippen LogP contribution in [-0.4, -0.2) is 65.9 Å². The lowest BCUT2D eigenvalue weighted by molar-refractivity contribution is -0.171. The lowest BCUT2D eigenvalue weighted by Crippen LogP contribution is -2.58. The fourth-order valence-corrected chi connectivity index (χ4v) is 5.21. The highest BCUT2D eigenvalue weighted by Crippen LogP contribution is 2.38. The molecule has 2 fully saturated rings. The molecule has 5 atom stereocenters. The summed E-state index contributed by atoms with van der Waals surface area (Å²) >= 11 is 0. The van der Waals surface area contributed by atoms with E-state index in [1.54, 1.807) is 32.9 Å². The highest BCUT2D eigenvalue weighted by molar-refractivity contribution is 5.93. The quantitative estimate of drug-likeness (QED) is 0.416. The number of rotatable bonds is 9. The predicted molar refractivity (Wildman–Crippen MR) is 144 cm³/mol. The topological polar surface area (TPSA) is 131 Å². The van der Waals surface area contributed by atoms with E-state index in [9.17, 15) is 37.6 Å². The first-order valence-corrected chi connectivity index (χ1v) is 13.8. The highest BCUT2D eigenvalue weighted by Gasteiger charge is 2.52. The first-order chi connectivity index (χ1) is 19.1. The molecule has 41 heavy (non-hydrogen) atoms. The van der Waals surface area contributed by atoms with Crippen molar-refractivity contribution in [2.24, 2.45) is 17.3 Å². The number of benzene rings is 1. The van der Waals surface area contributed by atoms with E-state index in [1.807, 2.05) is 25.1 Å². The molecule has 2 aliphatic rings. The lowest BCUT2D eigenvalue weighted by Gasteiger charge is -2.35. The molecule has 3 rings (SSSR count). The second-order valence-corrected chi connectivity index (χ2v) is 12.1. The van der Waals surface area contributed by atoms with Crippen LogP contribution in [-0.2, 0) is 25.6 Å². The summed E-state index contributed by atoms with van der Waals surface area (Å²) in [7, 11) is 0. The average Bonchev–Trinajstić information content (AvgIpc) is 3.52. The maximum Gasteiger partial charge on any atom is 0.393 e. The van der Waals surface area contributed by atoms with Gasteiger partial charge in [0.05, 0.1) is 18.4 Å². The zero-order valence-electron chi connectivity index (χ0n) is 23.8. The van der Waals surface area contributed by atoms with Gasteiger partial charge in [-0.1, -0.05) is 50.6 Å². The van der Waals surface area contributed by atoms with Crippen molar-refractivity contribution >= 4 is 23.6 Å². The molecular weight excluding hydrogens is 539 g/mol. The number of halogens is 3. The number of amides is 4. The third kappa shape index (κ3) is 8.44. The summed E-state index contributed by atoms with van der Waals surface area (Å²) in [5.41, 5.74) is 0.840. The molecule has 1 aromatic rings. The molecule has 4 amide bonds.